The Morgan fingerprint density at radius 2 is 2.42 bits per heavy atom. The second kappa shape index (κ2) is 3.56. The average molecular weight is 172 g/mol. The second-order valence-corrected chi connectivity index (χ2v) is 2.88. The smallest absolute Gasteiger partial charge is 0.312 e. The summed E-state index contributed by atoms with van der Waals surface area (Å²) >= 11 is 0. The van der Waals surface area contributed by atoms with E-state index >= 15 is 0 Å². The van der Waals surface area contributed by atoms with Gasteiger partial charge in [-0.05, 0) is 13.3 Å². The summed E-state index contributed by atoms with van der Waals surface area (Å²) in [5.41, 5.74) is 0. The Morgan fingerprint density at radius 3 is 2.83 bits per heavy atom. The van der Waals surface area contributed by atoms with Crippen LogP contribution in [0.5, 0.6) is 0 Å². The number of carbonyl (C=O) groups excluding carboxylic acids is 2. The van der Waals surface area contributed by atoms with Gasteiger partial charge in [0, 0.05) is 6.92 Å². The summed E-state index contributed by atoms with van der Waals surface area (Å²) in [7, 11) is 0. The quantitative estimate of drug-likeness (QED) is 0.569. The number of cyclic esters (lactones) is 1. The molecule has 1 aliphatic rings. The molecule has 4 nitrogen and oxygen atoms in total. The zero-order valence-electron chi connectivity index (χ0n) is 7.20. The van der Waals surface area contributed by atoms with Crippen molar-refractivity contribution >= 4 is 11.9 Å². The van der Waals surface area contributed by atoms with Crippen molar-refractivity contribution in [1.82, 2.24) is 0 Å². The molecule has 1 rings (SSSR count). The van der Waals surface area contributed by atoms with Gasteiger partial charge in [0.25, 0.3) is 0 Å². The topological polar surface area (TPSA) is 52.6 Å². The van der Waals surface area contributed by atoms with Gasteiger partial charge in [0.15, 0.2) is 0 Å². The largest absolute Gasteiger partial charge is 0.465 e. The van der Waals surface area contributed by atoms with Gasteiger partial charge in [-0.1, -0.05) is 0 Å². The molecule has 0 unspecified atom stereocenters. The summed E-state index contributed by atoms with van der Waals surface area (Å²) in [6.45, 7) is 3.48. The Bertz CT molecular complexity index is 199. The molecule has 0 aromatic heterocycles. The van der Waals surface area contributed by atoms with E-state index in [9.17, 15) is 9.59 Å². The molecule has 2 atom stereocenters. The van der Waals surface area contributed by atoms with Crippen LogP contribution in [0.3, 0.4) is 0 Å². The minimum absolute atomic E-state index is 0.260. The van der Waals surface area contributed by atoms with E-state index < -0.39 is 0 Å². The highest BCUT2D eigenvalue weighted by Gasteiger charge is 2.33. The summed E-state index contributed by atoms with van der Waals surface area (Å²) in [6, 6.07) is 0. The Hall–Kier alpha value is -1.06. The van der Waals surface area contributed by atoms with Crippen LogP contribution in [0.1, 0.15) is 20.3 Å². The number of esters is 2. The first-order valence-electron chi connectivity index (χ1n) is 3.95. The maximum absolute atomic E-state index is 11.0. The molecule has 0 bridgehead atoms. The van der Waals surface area contributed by atoms with Crippen LogP contribution in [-0.4, -0.2) is 24.6 Å². The van der Waals surface area contributed by atoms with E-state index in [1.807, 2.05) is 0 Å². The maximum atomic E-state index is 11.0. The first kappa shape index (κ1) is 9.03. The third-order valence-electron chi connectivity index (χ3n) is 1.89. The molecule has 68 valence electrons. The summed E-state index contributed by atoms with van der Waals surface area (Å²) in [4.78, 5) is 21.5. The molecule has 12 heavy (non-hydrogen) atoms. The van der Waals surface area contributed by atoms with Crippen LogP contribution in [0.4, 0.5) is 0 Å². The van der Waals surface area contributed by atoms with Crippen LogP contribution >= 0.6 is 0 Å². The van der Waals surface area contributed by atoms with Crippen molar-refractivity contribution < 1.29 is 19.1 Å². The fourth-order valence-electron chi connectivity index (χ4n) is 1.28. The van der Waals surface area contributed by atoms with Gasteiger partial charge in [-0.2, -0.15) is 0 Å². The van der Waals surface area contributed by atoms with Gasteiger partial charge in [0.2, 0.25) is 0 Å². The first-order chi connectivity index (χ1) is 5.61. The zero-order valence-corrected chi connectivity index (χ0v) is 7.20. The number of hydrogen-bond acceptors (Lipinski definition) is 4. The lowest BCUT2D eigenvalue weighted by Gasteiger charge is -2.14. The minimum atomic E-state index is -0.363. The SMILES string of the molecule is CC(=O)O[C@@H](C)[C@@H]1CCOC1=O. The maximum Gasteiger partial charge on any atom is 0.312 e. The van der Waals surface area contributed by atoms with Crippen molar-refractivity contribution in [3.8, 4) is 0 Å². The summed E-state index contributed by atoms with van der Waals surface area (Å²) < 4.78 is 9.60. The van der Waals surface area contributed by atoms with E-state index in [2.05, 4.69) is 0 Å². The summed E-state index contributed by atoms with van der Waals surface area (Å²) in [5.74, 6) is -0.889. The van der Waals surface area contributed by atoms with Crippen molar-refractivity contribution in [2.75, 3.05) is 6.61 Å². The van der Waals surface area contributed by atoms with Crippen LogP contribution in [0, 0.1) is 5.92 Å². The predicted octanol–water partition coefficient (Wildman–Crippen LogP) is 0.501. The lowest BCUT2D eigenvalue weighted by atomic mass is 10.0. The monoisotopic (exact) mass is 172 g/mol. The molecular formula is C8H12O4. The molecule has 0 aromatic rings. The molecule has 1 heterocycles. The number of hydrogen-bond donors (Lipinski definition) is 0. The highest BCUT2D eigenvalue weighted by molar-refractivity contribution is 5.75. The third kappa shape index (κ3) is 1.96. The molecule has 0 spiro atoms. The number of rotatable bonds is 2. The van der Waals surface area contributed by atoms with Crippen LogP contribution < -0.4 is 0 Å². The van der Waals surface area contributed by atoms with E-state index in [0.717, 1.165) is 0 Å². The Labute approximate surface area is 70.8 Å². The van der Waals surface area contributed by atoms with Gasteiger partial charge >= 0.3 is 11.9 Å². The van der Waals surface area contributed by atoms with Crippen molar-refractivity contribution in [3.05, 3.63) is 0 Å². The average Bonchev–Trinajstić information content (AvgIpc) is 2.33. The fraction of sp³-hybridized carbons (Fsp3) is 0.750. The van der Waals surface area contributed by atoms with Gasteiger partial charge in [0.05, 0.1) is 12.5 Å². The van der Waals surface area contributed by atoms with Crippen LogP contribution in [0.2, 0.25) is 0 Å². The van der Waals surface area contributed by atoms with Gasteiger partial charge in [-0.25, -0.2) is 0 Å². The van der Waals surface area contributed by atoms with Gasteiger partial charge in [-0.15, -0.1) is 0 Å². The lowest BCUT2D eigenvalue weighted by Crippen LogP contribution is -2.26. The van der Waals surface area contributed by atoms with Crippen molar-refractivity contribution in [2.24, 2.45) is 5.92 Å². The molecule has 0 amide bonds. The van der Waals surface area contributed by atoms with Gasteiger partial charge in [-0.3, -0.25) is 9.59 Å². The Morgan fingerprint density at radius 1 is 1.75 bits per heavy atom. The number of carbonyl (C=O) groups is 2. The van der Waals surface area contributed by atoms with E-state index in [1.54, 1.807) is 6.92 Å². The molecule has 0 aliphatic carbocycles. The predicted molar refractivity (Wildman–Crippen MR) is 40.3 cm³/mol. The Kier molecular flexibility index (Phi) is 2.68. The molecule has 1 saturated heterocycles. The van der Waals surface area contributed by atoms with Crippen molar-refractivity contribution in [1.29, 1.82) is 0 Å². The molecule has 1 aliphatic heterocycles. The molecular weight excluding hydrogens is 160 g/mol. The fourth-order valence-corrected chi connectivity index (χ4v) is 1.28. The molecule has 0 aromatic carbocycles. The Balaban J connectivity index is 2.45. The molecule has 0 N–H and O–H groups in total. The molecule has 4 heteroatoms. The van der Waals surface area contributed by atoms with Crippen molar-refractivity contribution in [2.45, 2.75) is 26.4 Å². The highest BCUT2D eigenvalue weighted by atomic mass is 16.6. The van der Waals surface area contributed by atoms with E-state index in [1.165, 1.54) is 6.92 Å². The lowest BCUT2D eigenvalue weighted by molar-refractivity contribution is -0.153. The third-order valence-corrected chi connectivity index (χ3v) is 1.89. The van der Waals surface area contributed by atoms with E-state index in [-0.39, 0.29) is 24.0 Å². The molecule has 0 radical (unpaired) electrons. The minimum Gasteiger partial charge on any atom is -0.465 e. The first-order valence-corrected chi connectivity index (χ1v) is 3.95. The normalized spacial score (nSPS) is 24.8. The highest BCUT2D eigenvalue weighted by Crippen LogP contribution is 2.20. The van der Waals surface area contributed by atoms with Crippen LogP contribution in [-0.2, 0) is 19.1 Å². The van der Waals surface area contributed by atoms with E-state index in [4.69, 9.17) is 9.47 Å². The molecule has 1 fully saturated rings. The zero-order chi connectivity index (χ0) is 9.14. The van der Waals surface area contributed by atoms with Gasteiger partial charge < -0.3 is 9.47 Å². The van der Waals surface area contributed by atoms with Gasteiger partial charge in [0.1, 0.15) is 6.10 Å². The van der Waals surface area contributed by atoms with E-state index in [0.29, 0.717) is 13.0 Å². The summed E-state index contributed by atoms with van der Waals surface area (Å²) in [6.07, 6.45) is 0.283. The van der Waals surface area contributed by atoms with Crippen LogP contribution in [0.15, 0.2) is 0 Å². The molecule has 0 saturated carbocycles. The van der Waals surface area contributed by atoms with Crippen LogP contribution in [0.25, 0.3) is 0 Å². The second-order valence-electron chi connectivity index (χ2n) is 2.88. The van der Waals surface area contributed by atoms with Crippen molar-refractivity contribution in [3.63, 3.8) is 0 Å². The summed E-state index contributed by atoms with van der Waals surface area (Å²) in [5, 5.41) is 0. The standard InChI is InChI=1S/C8H12O4/c1-5(12-6(2)9)7-3-4-11-8(7)10/h5,7H,3-4H2,1-2H3/t5-,7-/m0/s1. The number of ether oxygens (including phenoxy) is 2.